The third kappa shape index (κ3) is 4.25. The molecule has 3 rings (SSSR count). The van der Waals surface area contributed by atoms with Crippen molar-refractivity contribution in [1.82, 2.24) is 9.55 Å². The highest BCUT2D eigenvalue weighted by atomic mass is 16.2. The third-order valence-corrected chi connectivity index (χ3v) is 4.16. The molecule has 26 heavy (non-hydrogen) atoms. The summed E-state index contributed by atoms with van der Waals surface area (Å²) >= 11 is 0. The van der Waals surface area contributed by atoms with Gasteiger partial charge in [0.2, 0.25) is 5.91 Å². The fourth-order valence-corrected chi connectivity index (χ4v) is 2.70. The van der Waals surface area contributed by atoms with Gasteiger partial charge in [0.1, 0.15) is 6.54 Å². The maximum Gasteiger partial charge on any atom is 0.253 e. The highest BCUT2D eigenvalue weighted by Gasteiger charge is 2.17. The van der Waals surface area contributed by atoms with E-state index in [-0.39, 0.29) is 18.0 Å². The van der Waals surface area contributed by atoms with Crippen molar-refractivity contribution >= 4 is 11.6 Å². The quantitative estimate of drug-likeness (QED) is 0.689. The molecule has 1 heterocycles. The SMILES string of the molecule is CCc1cc(=O)n(CC(=O)N(Cc2ccccc2)c2ccccc2)cn1. The maximum absolute atomic E-state index is 13.0. The summed E-state index contributed by atoms with van der Waals surface area (Å²) in [5.41, 5.74) is 2.34. The third-order valence-electron chi connectivity index (χ3n) is 4.16. The molecule has 0 spiro atoms. The standard InChI is InChI=1S/C21H21N3O2/c1-2-18-13-20(25)23(16-22-18)15-21(26)24(19-11-7-4-8-12-19)14-17-9-5-3-6-10-17/h3-13,16H,2,14-15H2,1H3. The normalized spacial score (nSPS) is 10.5. The molecule has 0 aliphatic carbocycles. The number of rotatable bonds is 6. The van der Waals surface area contributed by atoms with Crippen molar-refractivity contribution in [2.75, 3.05) is 4.90 Å². The molecule has 0 fully saturated rings. The van der Waals surface area contributed by atoms with Crippen LogP contribution >= 0.6 is 0 Å². The van der Waals surface area contributed by atoms with E-state index in [1.807, 2.05) is 67.6 Å². The molecule has 0 aliphatic heterocycles. The van der Waals surface area contributed by atoms with Gasteiger partial charge in [-0.25, -0.2) is 4.98 Å². The second kappa shape index (κ2) is 8.25. The molecule has 0 atom stereocenters. The lowest BCUT2D eigenvalue weighted by molar-refractivity contribution is -0.119. The summed E-state index contributed by atoms with van der Waals surface area (Å²) in [5.74, 6) is -0.159. The number of aromatic nitrogens is 2. The topological polar surface area (TPSA) is 55.2 Å². The van der Waals surface area contributed by atoms with Gasteiger partial charge in [-0.2, -0.15) is 0 Å². The molecule has 2 aromatic carbocycles. The minimum atomic E-state index is -0.210. The fraction of sp³-hybridized carbons (Fsp3) is 0.190. The Morgan fingerprint density at radius 3 is 2.31 bits per heavy atom. The van der Waals surface area contributed by atoms with Crippen molar-refractivity contribution in [2.24, 2.45) is 0 Å². The smallest absolute Gasteiger partial charge is 0.253 e. The first-order chi connectivity index (χ1) is 12.7. The van der Waals surface area contributed by atoms with Crippen molar-refractivity contribution in [3.8, 4) is 0 Å². The number of para-hydroxylation sites is 1. The van der Waals surface area contributed by atoms with E-state index in [2.05, 4.69) is 4.98 Å². The van der Waals surface area contributed by atoms with Crippen LogP contribution in [-0.4, -0.2) is 15.5 Å². The average molecular weight is 347 g/mol. The Labute approximate surface area is 152 Å². The molecular weight excluding hydrogens is 326 g/mol. The van der Waals surface area contributed by atoms with Gasteiger partial charge < -0.3 is 4.90 Å². The van der Waals surface area contributed by atoms with Crippen LogP contribution in [0.1, 0.15) is 18.2 Å². The zero-order valence-corrected chi connectivity index (χ0v) is 14.7. The molecule has 0 bridgehead atoms. The molecule has 0 aliphatic rings. The summed E-state index contributed by atoms with van der Waals surface area (Å²) in [6.45, 7) is 2.34. The van der Waals surface area contributed by atoms with Gasteiger partial charge in [-0.3, -0.25) is 14.2 Å². The number of hydrogen-bond donors (Lipinski definition) is 0. The van der Waals surface area contributed by atoms with Crippen molar-refractivity contribution in [1.29, 1.82) is 0 Å². The van der Waals surface area contributed by atoms with Crippen molar-refractivity contribution < 1.29 is 4.79 Å². The predicted molar refractivity (Wildman–Crippen MR) is 102 cm³/mol. The molecule has 5 nitrogen and oxygen atoms in total. The monoisotopic (exact) mass is 347 g/mol. The van der Waals surface area contributed by atoms with E-state index < -0.39 is 0 Å². The molecule has 0 saturated heterocycles. The van der Waals surface area contributed by atoms with Crippen LogP contribution in [-0.2, 0) is 24.3 Å². The van der Waals surface area contributed by atoms with E-state index in [0.717, 1.165) is 16.9 Å². The summed E-state index contributed by atoms with van der Waals surface area (Å²) in [6, 6.07) is 20.8. The first-order valence-electron chi connectivity index (χ1n) is 8.62. The number of hydrogen-bond acceptors (Lipinski definition) is 3. The number of carbonyl (C=O) groups excluding carboxylic acids is 1. The number of carbonyl (C=O) groups is 1. The largest absolute Gasteiger partial charge is 0.306 e. The van der Waals surface area contributed by atoms with E-state index in [1.165, 1.54) is 17.0 Å². The van der Waals surface area contributed by atoms with E-state index >= 15 is 0 Å². The molecule has 0 radical (unpaired) electrons. The summed E-state index contributed by atoms with van der Waals surface area (Å²) in [6.07, 6.45) is 2.14. The van der Waals surface area contributed by atoms with Crippen LogP contribution in [0.2, 0.25) is 0 Å². The lowest BCUT2D eigenvalue weighted by Gasteiger charge is -2.23. The minimum Gasteiger partial charge on any atom is -0.306 e. The summed E-state index contributed by atoms with van der Waals surface area (Å²) in [4.78, 5) is 31.1. The predicted octanol–water partition coefficient (Wildman–Crippen LogP) is 3.04. The van der Waals surface area contributed by atoms with Crippen molar-refractivity contribution in [3.63, 3.8) is 0 Å². The van der Waals surface area contributed by atoms with Crippen molar-refractivity contribution in [2.45, 2.75) is 26.4 Å². The minimum absolute atomic E-state index is 0.0441. The number of aryl methyl sites for hydroxylation is 1. The van der Waals surface area contributed by atoms with Gasteiger partial charge in [-0.05, 0) is 24.1 Å². The molecule has 0 N–H and O–H groups in total. The van der Waals surface area contributed by atoms with E-state index in [9.17, 15) is 9.59 Å². The molecule has 5 heteroatoms. The van der Waals surface area contributed by atoms with Crippen LogP contribution in [0.15, 0.2) is 77.9 Å². The fourth-order valence-electron chi connectivity index (χ4n) is 2.70. The average Bonchev–Trinajstić information content (AvgIpc) is 2.69. The van der Waals surface area contributed by atoms with Crippen LogP contribution in [0.4, 0.5) is 5.69 Å². The first kappa shape index (κ1) is 17.6. The van der Waals surface area contributed by atoms with Crippen LogP contribution in [0.25, 0.3) is 0 Å². The lowest BCUT2D eigenvalue weighted by atomic mass is 10.2. The van der Waals surface area contributed by atoms with E-state index in [4.69, 9.17) is 0 Å². The van der Waals surface area contributed by atoms with Gasteiger partial charge in [0.05, 0.1) is 12.9 Å². The Balaban J connectivity index is 1.86. The molecular formula is C21H21N3O2. The second-order valence-corrected chi connectivity index (χ2v) is 6.00. The Hall–Kier alpha value is -3.21. The highest BCUT2D eigenvalue weighted by molar-refractivity contribution is 5.93. The highest BCUT2D eigenvalue weighted by Crippen LogP contribution is 2.17. The van der Waals surface area contributed by atoms with Gasteiger partial charge in [0.25, 0.3) is 5.56 Å². The summed E-state index contributed by atoms with van der Waals surface area (Å²) < 4.78 is 1.35. The van der Waals surface area contributed by atoms with Crippen LogP contribution in [0, 0.1) is 0 Å². The second-order valence-electron chi connectivity index (χ2n) is 6.00. The molecule has 0 unspecified atom stereocenters. The van der Waals surface area contributed by atoms with Gasteiger partial charge in [0, 0.05) is 17.4 Å². The van der Waals surface area contributed by atoms with Gasteiger partial charge in [-0.1, -0.05) is 55.5 Å². The Morgan fingerprint density at radius 2 is 1.69 bits per heavy atom. The summed E-state index contributed by atoms with van der Waals surface area (Å²) in [7, 11) is 0. The first-order valence-corrected chi connectivity index (χ1v) is 8.62. The molecule has 132 valence electrons. The Bertz CT molecular complexity index is 921. The number of nitrogens with zero attached hydrogens (tertiary/aromatic N) is 3. The summed E-state index contributed by atoms with van der Waals surface area (Å²) in [5, 5.41) is 0. The Morgan fingerprint density at radius 1 is 1.04 bits per heavy atom. The van der Waals surface area contributed by atoms with Gasteiger partial charge >= 0.3 is 0 Å². The number of benzene rings is 2. The Kier molecular flexibility index (Phi) is 5.59. The van der Waals surface area contributed by atoms with Gasteiger partial charge in [0.15, 0.2) is 0 Å². The van der Waals surface area contributed by atoms with Crippen LogP contribution in [0.5, 0.6) is 0 Å². The van der Waals surface area contributed by atoms with Gasteiger partial charge in [-0.15, -0.1) is 0 Å². The number of amides is 1. The molecule has 0 saturated carbocycles. The van der Waals surface area contributed by atoms with Crippen LogP contribution in [0.3, 0.4) is 0 Å². The zero-order valence-electron chi connectivity index (χ0n) is 14.7. The van der Waals surface area contributed by atoms with E-state index in [1.54, 1.807) is 4.90 Å². The van der Waals surface area contributed by atoms with E-state index in [0.29, 0.717) is 13.0 Å². The lowest BCUT2D eigenvalue weighted by Crippen LogP contribution is -2.36. The molecule has 1 aromatic heterocycles. The molecule has 1 amide bonds. The van der Waals surface area contributed by atoms with Crippen LogP contribution < -0.4 is 10.5 Å². The number of anilines is 1. The zero-order chi connectivity index (χ0) is 18.4. The van der Waals surface area contributed by atoms with Crippen molar-refractivity contribution in [3.05, 3.63) is 94.7 Å². The molecule has 3 aromatic rings. The maximum atomic E-state index is 13.0.